The molecule has 6 heteroatoms. The molecule has 2 unspecified atom stereocenters. The van der Waals surface area contributed by atoms with Crippen LogP contribution < -0.4 is 5.32 Å². The van der Waals surface area contributed by atoms with E-state index in [9.17, 15) is 9.90 Å². The Hall–Kier alpha value is -2.47. The number of hydrogen-bond donors (Lipinski definition) is 2. The lowest BCUT2D eigenvalue weighted by molar-refractivity contribution is 0.129. The highest BCUT2D eigenvalue weighted by molar-refractivity contribution is 5.88. The summed E-state index contributed by atoms with van der Waals surface area (Å²) in [5.74, 6) is 0.437. The average molecular weight is 312 g/mol. The molecular formula is C17H20N4O2. The smallest absolute Gasteiger partial charge is 0.323 e. The molecule has 0 aliphatic carbocycles. The van der Waals surface area contributed by atoms with Crippen LogP contribution in [0.25, 0.3) is 0 Å². The molecule has 3 rings (SSSR count). The highest BCUT2D eigenvalue weighted by Crippen LogP contribution is 2.27. The minimum Gasteiger partial charge on any atom is -0.388 e. The second-order valence-corrected chi connectivity index (χ2v) is 5.69. The number of hydrogen-bond acceptors (Lipinski definition) is 4. The van der Waals surface area contributed by atoms with E-state index in [-0.39, 0.29) is 12.1 Å². The number of urea groups is 1. The zero-order valence-corrected chi connectivity index (χ0v) is 12.8. The molecular weight excluding hydrogens is 292 g/mol. The minimum atomic E-state index is -0.564. The number of benzene rings is 1. The first-order valence-corrected chi connectivity index (χ1v) is 7.82. The molecule has 1 aromatic heterocycles. The zero-order chi connectivity index (χ0) is 16.1. The van der Waals surface area contributed by atoms with Crippen LogP contribution in [0.15, 0.2) is 48.7 Å². The van der Waals surface area contributed by atoms with Gasteiger partial charge in [-0.25, -0.2) is 4.79 Å². The van der Waals surface area contributed by atoms with Crippen molar-refractivity contribution < 1.29 is 9.90 Å². The van der Waals surface area contributed by atoms with E-state index < -0.39 is 6.10 Å². The van der Waals surface area contributed by atoms with Gasteiger partial charge in [0.25, 0.3) is 0 Å². The van der Waals surface area contributed by atoms with Gasteiger partial charge in [-0.1, -0.05) is 30.3 Å². The van der Waals surface area contributed by atoms with E-state index in [0.29, 0.717) is 18.8 Å². The molecule has 23 heavy (non-hydrogen) atoms. The van der Waals surface area contributed by atoms with Gasteiger partial charge in [0.15, 0.2) is 5.82 Å². The molecule has 2 atom stereocenters. The van der Waals surface area contributed by atoms with Crippen LogP contribution in [0.2, 0.25) is 0 Å². The fraction of sp³-hybridized carbons (Fsp3) is 0.353. The van der Waals surface area contributed by atoms with E-state index in [1.165, 1.54) is 0 Å². The Kier molecular flexibility index (Phi) is 4.83. The normalized spacial score (nSPS) is 18.7. The van der Waals surface area contributed by atoms with Crippen LogP contribution in [0.3, 0.4) is 0 Å². The van der Waals surface area contributed by atoms with Gasteiger partial charge < -0.3 is 10.0 Å². The topological polar surface area (TPSA) is 78.4 Å². The van der Waals surface area contributed by atoms with Crippen LogP contribution in [0.5, 0.6) is 0 Å². The van der Waals surface area contributed by atoms with Crippen LogP contribution in [0, 0.1) is 0 Å². The predicted molar refractivity (Wildman–Crippen MR) is 86.8 cm³/mol. The van der Waals surface area contributed by atoms with Gasteiger partial charge in [0.1, 0.15) is 0 Å². The first-order valence-electron chi connectivity index (χ1n) is 7.82. The number of carbonyl (C=O) groups is 1. The van der Waals surface area contributed by atoms with Gasteiger partial charge in [-0.3, -0.25) is 5.32 Å². The zero-order valence-electron chi connectivity index (χ0n) is 12.8. The predicted octanol–water partition coefficient (Wildman–Crippen LogP) is 2.60. The fourth-order valence-electron chi connectivity index (χ4n) is 2.97. The van der Waals surface area contributed by atoms with Crippen LogP contribution >= 0.6 is 0 Å². The summed E-state index contributed by atoms with van der Waals surface area (Å²) >= 11 is 0. The highest BCUT2D eigenvalue weighted by atomic mass is 16.3. The van der Waals surface area contributed by atoms with E-state index in [1.54, 1.807) is 23.2 Å². The molecule has 1 aromatic carbocycles. The molecule has 120 valence electrons. The van der Waals surface area contributed by atoms with Gasteiger partial charge in [0, 0.05) is 18.8 Å². The Morgan fingerprint density at radius 3 is 2.87 bits per heavy atom. The summed E-state index contributed by atoms with van der Waals surface area (Å²) in [4.78, 5) is 14.2. The number of aliphatic hydroxyl groups excluding tert-OH is 1. The minimum absolute atomic E-state index is 0.0295. The molecule has 0 bridgehead atoms. The molecule has 2 heterocycles. The molecule has 1 saturated heterocycles. The quantitative estimate of drug-likeness (QED) is 0.909. The standard InChI is InChI=1S/C17H20N4O2/c22-15(13-6-2-1-3-7-13)12-14-8-5-11-21(14)17(23)19-16-9-4-10-18-20-16/h1-4,6-7,9-10,14-15,22H,5,8,11-12H2,(H,19,20,23). The number of aliphatic hydroxyl groups is 1. The fourth-order valence-corrected chi connectivity index (χ4v) is 2.97. The highest BCUT2D eigenvalue weighted by Gasteiger charge is 2.30. The Morgan fingerprint density at radius 2 is 2.13 bits per heavy atom. The summed E-state index contributed by atoms with van der Waals surface area (Å²) in [6.07, 6.45) is 3.38. The van der Waals surface area contributed by atoms with Gasteiger partial charge in [-0.2, -0.15) is 5.10 Å². The summed E-state index contributed by atoms with van der Waals surface area (Å²) in [5.41, 5.74) is 0.883. The second-order valence-electron chi connectivity index (χ2n) is 5.69. The summed E-state index contributed by atoms with van der Waals surface area (Å²) in [5, 5.41) is 20.8. The maximum atomic E-state index is 12.4. The van der Waals surface area contributed by atoms with Gasteiger partial charge in [0.05, 0.1) is 6.10 Å². The number of nitrogens with one attached hydrogen (secondary N) is 1. The van der Waals surface area contributed by atoms with Crippen molar-refractivity contribution in [3.05, 3.63) is 54.2 Å². The van der Waals surface area contributed by atoms with Crippen LogP contribution in [-0.2, 0) is 0 Å². The van der Waals surface area contributed by atoms with Crippen molar-refractivity contribution in [2.24, 2.45) is 0 Å². The molecule has 2 N–H and O–H groups in total. The van der Waals surface area contributed by atoms with Crippen molar-refractivity contribution >= 4 is 11.8 Å². The van der Waals surface area contributed by atoms with E-state index in [2.05, 4.69) is 15.5 Å². The third-order valence-electron chi connectivity index (χ3n) is 4.12. The number of aromatic nitrogens is 2. The van der Waals surface area contributed by atoms with E-state index in [4.69, 9.17) is 0 Å². The second kappa shape index (κ2) is 7.19. The summed E-state index contributed by atoms with van der Waals surface area (Å²) < 4.78 is 0. The molecule has 2 aromatic rings. The summed E-state index contributed by atoms with van der Waals surface area (Å²) in [6.45, 7) is 0.693. The lowest BCUT2D eigenvalue weighted by Gasteiger charge is -2.26. The van der Waals surface area contributed by atoms with Crippen molar-refractivity contribution in [3.8, 4) is 0 Å². The number of rotatable bonds is 4. The van der Waals surface area contributed by atoms with Crippen molar-refractivity contribution in [2.45, 2.75) is 31.4 Å². The third-order valence-corrected chi connectivity index (χ3v) is 4.12. The van der Waals surface area contributed by atoms with E-state index >= 15 is 0 Å². The Morgan fingerprint density at radius 1 is 1.30 bits per heavy atom. The Labute approximate surface area is 135 Å². The van der Waals surface area contributed by atoms with Gasteiger partial charge in [0.2, 0.25) is 0 Å². The van der Waals surface area contributed by atoms with Crippen molar-refractivity contribution in [2.75, 3.05) is 11.9 Å². The van der Waals surface area contributed by atoms with Crippen molar-refractivity contribution in [3.63, 3.8) is 0 Å². The number of carbonyl (C=O) groups excluding carboxylic acids is 1. The van der Waals surface area contributed by atoms with Crippen LogP contribution in [0.1, 0.15) is 30.9 Å². The van der Waals surface area contributed by atoms with E-state index in [1.807, 2.05) is 30.3 Å². The van der Waals surface area contributed by atoms with E-state index in [0.717, 1.165) is 18.4 Å². The van der Waals surface area contributed by atoms with Gasteiger partial charge >= 0.3 is 6.03 Å². The Bertz CT molecular complexity index is 636. The maximum Gasteiger partial charge on any atom is 0.323 e. The van der Waals surface area contributed by atoms with Crippen molar-refractivity contribution in [1.82, 2.24) is 15.1 Å². The number of amides is 2. The SMILES string of the molecule is O=C(Nc1cccnn1)N1CCCC1CC(O)c1ccccc1. The van der Waals surface area contributed by atoms with Crippen molar-refractivity contribution in [1.29, 1.82) is 0 Å². The van der Waals surface area contributed by atoms with Gasteiger partial charge in [-0.15, -0.1) is 5.10 Å². The molecule has 1 aliphatic heterocycles. The lowest BCUT2D eigenvalue weighted by Crippen LogP contribution is -2.39. The molecule has 1 aliphatic rings. The third kappa shape index (κ3) is 3.84. The number of likely N-dealkylation sites (tertiary alicyclic amines) is 1. The molecule has 0 spiro atoms. The van der Waals surface area contributed by atoms with Gasteiger partial charge in [-0.05, 0) is 37.0 Å². The molecule has 2 amide bonds. The number of anilines is 1. The first kappa shape index (κ1) is 15.4. The maximum absolute atomic E-state index is 12.4. The molecule has 1 fully saturated rings. The summed E-state index contributed by atoms with van der Waals surface area (Å²) in [6, 6.07) is 12.8. The first-order chi connectivity index (χ1) is 11.2. The largest absolute Gasteiger partial charge is 0.388 e. The van der Waals surface area contributed by atoms with Crippen LogP contribution in [-0.4, -0.2) is 38.8 Å². The molecule has 0 saturated carbocycles. The summed E-state index contributed by atoms with van der Waals surface area (Å²) in [7, 11) is 0. The number of nitrogens with zero attached hydrogens (tertiary/aromatic N) is 3. The molecule has 6 nitrogen and oxygen atoms in total. The van der Waals surface area contributed by atoms with Crippen LogP contribution in [0.4, 0.5) is 10.6 Å². The Balaban J connectivity index is 1.62. The molecule has 0 radical (unpaired) electrons. The monoisotopic (exact) mass is 312 g/mol. The lowest BCUT2D eigenvalue weighted by atomic mass is 10.0. The average Bonchev–Trinajstić information content (AvgIpc) is 3.05.